The van der Waals surface area contributed by atoms with E-state index in [0.29, 0.717) is 0 Å². The highest BCUT2D eigenvalue weighted by Gasteiger charge is 2.27. The van der Waals surface area contributed by atoms with Gasteiger partial charge in [-0.2, -0.15) is 11.8 Å². The lowest BCUT2D eigenvalue weighted by atomic mass is 10.0. The van der Waals surface area contributed by atoms with E-state index >= 15 is 0 Å². The van der Waals surface area contributed by atoms with Crippen LogP contribution in [0.15, 0.2) is 87.5 Å². The maximum absolute atomic E-state index is 13.5. The zero-order valence-corrected chi connectivity index (χ0v) is 21.5. The molecule has 0 spiro atoms. The molecule has 170 valence electrons. The molecule has 0 aromatic heterocycles. The molecule has 3 aromatic carbocycles. The van der Waals surface area contributed by atoms with E-state index in [4.69, 9.17) is 0 Å². The Morgan fingerprint density at radius 3 is 1.97 bits per heavy atom. The van der Waals surface area contributed by atoms with Crippen LogP contribution in [0.1, 0.15) is 41.7 Å². The van der Waals surface area contributed by atoms with E-state index in [1.165, 1.54) is 0 Å². The fourth-order valence-corrected chi connectivity index (χ4v) is 7.08. The van der Waals surface area contributed by atoms with Gasteiger partial charge in [-0.3, -0.25) is 0 Å². The summed E-state index contributed by atoms with van der Waals surface area (Å²) in [4.78, 5) is 2.39. The van der Waals surface area contributed by atoms with Gasteiger partial charge in [0.1, 0.15) is 11.0 Å². The van der Waals surface area contributed by atoms with Crippen molar-refractivity contribution in [2.24, 2.45) is 0 Å². The molecule has 1 N–H and O–H groups in total. The van der Waals surface area contributed by atoms with Gasteiger partial charge in [-0.25, -0.2) is 13.1 Å². The van der Waals surface area contributed by atoms with Gasteiger partial charge >= 0.3 is 0 Å². The van der Waals surface area contributed by atoms with Gasteiger partial charge in [0.15, 0.2) is 0 Å². The second-order valence-corrected chi connectivity index (χ2v) is 11.5. The minimum absolute atomic E-state index is 0.0201. The van der Waals surface area contributed by atoms with Gasteiger partial charge in [-0.05, 0) is 62.4 Å². The monoisotopic (exact) mass is 485 g/mol. The van der Waals surface area contributed by atoms with E-state index in [1.54, 1.807) is 11.8 Å². The maximum Gasteiger partial charge on any atom is 0.125 e. The zero-order valence-electron chi connectivity index (χ0n) is 19.0. The van der Waals surface area contributed by atoms with Crippen molar-refractivity contribution in [3.63, 3.8) is 0 Å². The number of rotatable bonds is 10. The first-order valence-electron chi connectivity index (χ1n) is 10.8. The second kappa shape index (κ2) is 11.9. The molecule has 0 bridgehead atoms. The molecule has 0 aliphatic carbocycles. The van der Waals surface area contributed by atoms with Crippen molar-refractivity contribution in [2.45, 2.75) is 59.6 Å². The summed E-state index contributed by atoms with van der Waals surface area (Å²) in [7, 11) is -2.59. The van der Waals surface area contributed by atoms with E-state index < -0.39 is 21.8 Å². The van der Waals surface area contributed by atoms with E-state index in [1.807, 2.05) is 80.6 Å². The van der Waals surface area contributed by atoms with Gasteiger partial charge in [0.2, 0.25) is 0 Å². The van der Waals surface area contributed by atoms with Crippen molar-refractivity contribution in [1.82, 2.24) is 4.72 Å². The molecule has 0 amide bonds. The van der Waals surface area contributed by atoms with Crippen LogP contribution in [-0.2, 0) is 21.8 Å². The van der Waals surface area contributed by atoms with Gasteiger partial charge in [0.25, 0.3) is 0 Å². The Labute approximate surface area is 201 Å². The van der Waals surface area contributed by atoms with Crippen molar-refractivity contribution in [3.8, 4) is 0 Å². The Morgan fingerprint density at radius 1 is 0.844 bits per heavy atom. The summed E-state index contributed by atoms with van der Waals surface area (Å²) in [6.45, 7) is 6.19. The number of benzene rings is 3. The van der Waals surface area contributed by atoms with Gasteiger partial charge in [-0.1, -0.05) is 66.9 Å². The number of hydrogen-bond donors (Lipinski definition) is 1. The van der Waals surface area contributed by atoms with Crippen LogP contribution in [-0.4, -0.2) is 20.7 Å². The topological polar surface area (TPSA) is 46.2 Å². The second-order valence-electron chi connectivity index (χ2n) is 7.87. The van der Waals surface area contributed by atoms with Crippen molar-refractivity contribution in [3.05, 3.63) is 89.5 Å². The van der Waals surface area contributed by atoms with E-state index in [2.05, 4.69) is 24.0 Å². The molecule has 3 aromatic rings. The van der Waals surface area contributed by atoms with E-state index in [9.17, 15) is 8.42 Å². The molecule has 0 fully saturated rings. The molecule has 4 atom stereocenters. The van der Waals surface area contributed by atoms with Crippen LogP contribution in [0.25, 0.3) is 0 Å². The summed E-state index contributed by atoms with van der Waals surface area (Å²) in [5.41, 5.74) is 3.32. The summed E-state index contributed by atoms with van der Waals surface area (Å²) in [5.74, 6) is 0. The molecule has 0 unspecified atom stereocenters. The number of aryl methyl sites for hydroxylation is 2. The summed E-state index contributed by atoms with van der Waals surface area (Å²) in [6.07, 6.45) is 3.90. The van der Waals surface area contributed by atoms with Crippen LogP contribution >= 0.6 is 11.8 Å². The van der Waals surface area contributed by atoms with Crippen molar-refractivity contribution in [2.75, 3.05) is 6.26 Å². The van der Waals surface area contributed by atoms with Crippen LogP contribution in [0.5, 0.6) is 0 Å². The summed E-state index contributed by atoms with van der Waals surface area (Å²) in [5, 5.41) is 0.0231. The van der Waals surface area contributed by atoms with E-state index in [0.717, 1.165) is 44.2 Å². The van der Waals surface area contributed by atoms with Crippen LogP contribution in [0.2, 0.25) is 0 Å². The van der Waals surface area contributed by atoms with Crippen LogP contribution in [0.3, 0.4) is 0 Å². The molecule has 0 aliphatic heterocycles. The minimum atomic E-state index is -1.31. The molecule has 3 rings (SSSR count). The van der Waals surface area contributed by atoms with Crippen molar-refractivity contribution >= 4 is 33.5 Å². The standard InChI is InChI=1S/C26H31NO2S3/c1-5-8-24(27-32(29)22-17-13-20(3)14-18-22)26(30-4)23-9-6-7-10-25(23)31(28)21-15-11-19(2)12-16-21/h6-7,9-18,24,26-27H,5,8H2,1-4H3/t24-,26+,31+,32+/m1/s1. The third-order valence-corrected chi connectivity index (χ3v) is 9.15. The third kappa shape index (κ3) is 6.19. The predicted molar refractivity (Wildman–Crippen MR) is 138 cm³/mol. The van der Waals surface area contributed by atoms with Gasteiger partial charge in [-0.15, -0.1) is 0 Å². The van der Waals surface area contributed by atoms with Gasteiger partial charge < -0.3 is 0 Å². The van der Waals surface area contributed by atoms with Gasteiger partial charge in [0.05, 0.1) is 15.7 Å². The summed E-state index contributed by atoms with van der Waals surface area (Å²) < 4.78 is 29.9. The number of thioether (sulfide) groups is 1. The Morgan fingerprint density at radius 2 is 1.41 bits per heavy atom. The third-order valence-electron chi connectivity index (χ3n) is 5.37. The van der Waals surface area contributed by atoms with Crippen LogP contribution in [0, 0.1) is 13.8 Å². The Balaban J connectivity index is 1.92. The molecule has 32 heavy (non-hydrogen) atoms. The highest BCUT2D eigenvalue weighted by molar-refractivity contribution is 7.99. The zero-order chi connectivity index (χ0) is 23.1. The predicted octanol–water partition coefficient (Wildman–Crippen LogP) is 6.36. The Kier molecular flexibility index (Phi) is 9.29. The quantitative estimate of drug-likeness (QED) is 0.364. The molecule has 0 radical (unpaired) electrons. The number of nitrogens with one attached hydrogen (secondary N) is 1. The smallest absolute Gasteiger partial charge is 0.125 e. The SMILES string of the molecule is CCC[C@@H](N[S@@](=O)c1ccc(C)cc1)[C@@H](SC)c1ccccc1[S@@](=O)c1ccc(C)cc1. The molecular weight excluding hydrogens is 454 g/mol. The minimum Gasteiger partial charge on any atom is -0.249 e. The molecule has 0 heterocycles. The first-order chi connectivity index (χ1) is 15.4. The first-order valence-corrected chi connectivity index (χ1v) is 14.4. The van der Waals surface area contributed by atoms with Gasteiger partial charge in [0, 0.05) is 21.1 Å². The van der Waals surface area contributed by atoms with Crippen LogP contribution < -0.4 is 4.72 Å². The Hall–Kier alpha value is -1.73. The molecule has 0 saturated carbocycles. The lowest BCUT2D eigenvalue weighted by molar-refractivity contribution is 0.541. The highest BCUT2D eigenvalue weighted by atomic mass is 32.2. The lowest BCUT2D eigenvalue weighted by Gasteiger charge is -2.28. The summed E-state index contributed by atoms with van der Waals surface area (Å²) in [6, 6.07) is 23.6. The fourth-order valence-electron chi connectivity index (χ4n) is 3.63. The van der Waals surface area contributed by atoms with Crippen molar-refractivity contribution < 1.29 is 8.42 Å². The number of hydrogen-bond acceptors (Lipinski definition) is 3. The maximum atomic E-state index is 13.5. The van der Waals surface area contributed by atoms with Crippen LogP contribution in [0.4, 0.5) is 0 Å². The molecule has 0 aliphatic rings. The molecule has 6 heteroatoms. The lowest BCUT2D eigenvalue weighted by Crippen LogP contribution is -2.35. The fraction of sp³-hybridized carbons (Fsp3) is 0.308. The molecule has 3 nitrogen and oxygen atoms in total. The highest BCUT2D eigenvalue weighted by Crippen LogP contribution is 2.37. The van der Waals surface area contributed by atoms with E-state index in [-0.39, 0.29) is 11.3 Å². The summed E-state index contributed by atoms with van der Waals surface area (Å²) >= 11 is 1.71. The molecular formula is C26H31NO2S3. The molecule has 0 saturated heterocycles. The normalized spacial score (nSPS) is 15.1. The Bertz CT molecular complexity index is 1070. The first kappa shape index (κ1) is 24.9. The average molecular weight is 486 g/mol. The van der Waals surface area contributed by atoms with Crippen molar-refractivity contribution in [1.29, 1.82) is 0 Å². The average Bonchev–Trinajstić information content (AvgIpc) is 2.80. The largest absolute Gasteiger partial charge is 0.249 e.